The fourth-order valence-electron chi connectivity index (χ4n) is 4.21. The van der Waals surface area contributed by atoms with Crippen molar-refractivity contribution in [2.75, 3.05) is 9.80 Å². The summed E-state index contributed by atoms with van der Waals surface area (Å²) < 4.78 is 0. The van der Waals surface area contributed by atoms with E-state index < -0.39 is 0 Å². The van der Waals surface area contributed by atoms with Crippen LogP contribution in [0.1, 0.15) is 38.8 Å². The van der Waals surface area contributed by atoms with Crippen molar-refractivity contribution in [1.29, 1.82) is 0 Å². The molecule has 1 aliphatic rings. The minimum atomic E-state index is 0.305. The van der Waals surface area contributed by atoms with Crippen molar-refractivity contribution in [3.8, 4) is 11.5 Å². The zero-order chi connectivity index (χ0) is 19.2. The molecule has 0 radical (unpaired) electrons. The molecule has 1 heterocycles. The van der Waals surface area contributed by atoms with Crippen LogP contribution in [-0.4, -0.2) is 34.4 Å². The lowest BCUT2D eigenvalue weighted by molar-refractivity contribution is 0.345. The van der Waals surface area contributed by atoms with Gasteiger partial charge in [-0.1, -0.05) is 0 Å². The van der Waals surface area contributed by atoms with Gasteiger partial charge in [0.05, 0.1) is 0 Å². The van der Waals surface area contributed by atoms with E-state index in [9.17, 15) is 10.2 Å². The van der Waals surface area contributed by atoms with E-state index in [0.29, 0.717) is 35.7 Å². The fraction of sp³-hybridized carbons (Fsp3) is 0.455. The molecule has 26 heavy (non-hydrogen) atoms. The number of nitrogens with zero attached hydrogens (tertiary/aromatic N) is 2. The van der Waals surface area contributed by atoms with Gasteiger partial charge in [-0.05, 0) is 89.1 Å². The summed E-state index contributed by atoms with van der Waals surface area (Å²) in [5, 5.41) is 19.7. The highest BCUT2D eigenvalue weighted by Gasteiger charge is 2.40. The molecule has 1 fully saturated rings. The number of phenols is 2. The molecule has 0 saturated carbocycles. The Morgan fingerprint density at radius 2 is 0.923 bits per heavy atom. The van der Waals surface area contributed by atoms with E-state index >= 15 is 0 Å². The second kappa shape index (κ2) is 6.75. The van der Waals surface area contributed by atoms with Crippen LogP contribution in [0.5, 0.6) is 11.5 Å². The van der Waals surface area contributed by atoms with Crippen molar-refractivity contribution in [1.82, 2.24) is 0 Å². The maximum Gasteiger partial charge on any atom is 0.118 e. The Kier molecular flexibility index (Phi) is 4.78. The summed E-state index contributed by atoms with van der Waals surface area (Å²) in [7, 11) is 0. The third-order valence-electron chi connectivity index (χ3n) is 6.11. The van der Waals surface area contributed by atoms with Crippen LogP contribution in [0.2, 0.25) is 0 Å². The van der Waals surface area contributed by atoms with Crippen molar-refractivity contribution in [3.63, 3.8) is 0 Å². The van der Waals surface area contributed by atoms with Gasteiger partial charge in [-0.25, -0.2) is 0 Å². The second-order valence-electron chi connectivity index (χ2n) is 7.72. The van der Waals surface area contributed by atoms with Gasteiger partial charge in [-0.3, -0.25) is 0 Å². The Morgan fingerprint density at radius 1 is 0.615 bits per heavy atom. The zero-order valence-electron chi connectivity index (χ0n) is 16.6. The van der Waals surface area contributed by atoms with Crippen LogP contribution in [0.15, 0.2) is 36.4 Å². The second-order valence-corrected chi connectivity index (χ2v) is 7.72. The van der Waals surface area contributed by atoms with Gasteiger partial charge in [0.2, 0.25) is 0 Å². The first-order chi connectivity index (χ1) is 12.2. The first-order valence-electron chi connectivity index (χ1n) is 9.38. The number of piperazine rings is 1. The maximum atomic E-state index is 9.87. The predicted octanol–water partition coefficient (Wildman–Crippen LogP) is 4.60. The first kappa shape index (κ1) is 18.4. The lowest BCUT2D eigenvalue weighted by Crippen LogP contribution is -2.66. The average molecular weight is 354 g/mol. The monoisotopic (exact) mass is 354 g/mol. The van der Waals surface area contributed by atoms with E-state index in [0.717, 1.165) is 22.5 Å². The Morgan fingerprint density at radius 3 is 1.19 bits per heavy atom. The highest BCUT2D eigenvalue weighted by atomic mass is 16.3. The SMILES string of the molecule is Cc1cc(N2C(C)C(C)N(c3ccc(O)c(C)c3)C(C)C2C)ccc1O. The van der Waals surface area contributed by atoms with E-state index in [2.05, 4.69) is 49.6 Å². The van der Waals surface area contributed by atoms with E-state index in [1.54, 1.807) is 12.1 Å². The molecular formula is C22H30N2O2. The highest BCUT2D eigenvalue weighted by Crippen LogP contribution is 2.37. The van der Waals surface area contributed by atoms with Gasteiger partial charge in [0, 0.05) is 35.5 Å². The van der Waals surface area contributed by atoms with Gasteiger partial charge >= 0.3 is 0 Å². The smallest absolute Gasteiger partial charge is 0.118 e. The highest BCUT2D eigenvalue weighted by molar-refractivity contribution is 5.60. The summed E-state index contributed by atoms with van der Waals surface area (Å²) in [5.74, 6) is 0.682. The molecule has 4 unspecified atom stereocenters. The maximum absolute atomic E-state index is 9.87. The largest absolute Gasteiger partial charge is 0.508 e. The number of hydrogen-bond donors (Lipinski definition) is 2. The predicted molar refractivity (Wildman–Crippen MR) is 108 cm³/mol. The van der Waals surface area contributed by atoms with Crippen LogP contribution in [0, 0.1) is 13.8 Å². The van der Waals surface area contributed by atoms with E-state index in [-0.39, 0.29) is 0 Å². The molecule has 0 bridgehead atoms. The molecule has 4 heteroatoms. The van der Waals surface area contributed by atoms with E-state index in [4.69, 9.17) is 0 Å². The molecule has 2 aromatic carbocycles. The summed E-state index contributed by atoms with van der Waals surface area (Å²) in [5.41, 5.74) is 4.11. The minimum Gasteiger partial charge on any atom is -0.508 e. The number of hydrogen-bond acceptors (Lipinski definition) is 4. The first-order valence-corrected chi connectivity index (χ1v) is 9.38. The summed E-state index contributed by atoms with van der Waals surface area (Å²) in [6, 6.07) is 13.0. The molecule has 4 nitrogen and oxygen atoms in total. The van der Waals surface area contributed by atoms with Crippen molar-refractivity contribution >= 4 is 11.4 Å². The van der Waals surface area contributed by atoms with Gasteiger partial charge in [-0.2, -0.15) is 0 Å². The lowest BCUT2D eigenvalue weighted by atomic mass is 9.92. The van der Waals surface area contributed by atoms with Gasteiger partial charge in [0.1, 0.15) is 11.5 Å². The van der Waals surface area contributed by atoms with Crippen LogP contribution in [0.3, 0.4) is 0 Å². The quantitative estimate of drug-likeness (QED) is 0.828. The Balaban J connectivity index is 1.97. The van der Waals surface area contributed by atoms with Gasteiger partial charge in [0.25, 0.3) is 0 Å². The third-order valence-corrected chi connectivity index (χ3v) is 6.11. The summed E-state index contributed by atoms with van der Waals surface area (Å²) in [6.07, 6.45) is 0. The number of benzene rings is 2. The van der Waals surface area contributed by atoms with Crippen LogP contribution in [-0.2, 0) is 0 Å². The number of anilines is 2. The number of phenolic OH excluding ortho intramolecular Hbond substituents is 2. The topological polar surface area (TPSA) is 46.9 Å². The van der Waals surface area contributed by atoms with Crippen LogP contribution < -0.4 is 9.80 Å². The molecule has 3 rings (SSSR count). The molecule has 1 saturated heterocycles. The molecule has 2 N–H and O–H groups in total. The molecule has 0 aliphatic carbocycles. The Labute approximate surface area is 156 Å². The summed E-state index contributed by atoms with van der Waals surface area (Å²) in [6.45, 7) is 12.9. The molecule has 140 valence electrons. The minimum absolute atomic E-state index is 0.305. The van der Waals surface area contributed by atoms with Gasteiger partial charge in [-0.15, -0.1) is 0 Å². The molecule has 0 amide bonds. The number of rotatable bonds is 2. The van der Waals surface area contributed by atoms with Crippen LogP contribution in [0.25, 0.3) is 0 Å². The van der Waals surface area contributed by atoms with E-state index in [1.807, 2.05) is 26.0 Å². The van der Waals surface area contributed by atoms with Crippen molar-refractivity contribution in [3.05, 3.63) is 47.5 Å². The Hall–Kier alpha value is -2.36. The van der Waals surface area contributed by atoms with E-state index in [1.165, 1.54) is 0 Å². The molecule has 0 spiro atoms. The summed E-state index contributed by atoms with van der Waals surface area (Å²) >= 11 is 0. The molecule has 1 aliphatic heterocycles. The number of aryl methyl sites for hydroxylation is 2. The number of aromatic hydroxyl groups is 2. The lowest BCUT2D eigenvalue weighted by Gasteiger charge is -2.55. The third kappa shape index (κ3) is 2.98. The van der Waals surface area contributed by atoms with Crippen LogP contribution in [0.4, 0.5) is 11.4 Å². The average Bonchev–Trinajstić information content (AvgIpc) is 2.60. The van der Waals surface area contributed by atoms with Crippen LogP contribution >= 0.6 is 0 Å². The van der Waals surface area contributed by atoms with Gasteiger partial charge < -0.3 is 20.0 Å². The molecule has 4 atom stereocenters. The fourth-order valence-corrected chi connectivity index (χ4v) is 4.21. The standard InChI is InChI=1S/C22H30N2O2/c1-13-11-19(7-9-21(13)25)23-15(3)17(5)24(18(6)16(23)4)20-8-10-22(26)14(2)12-20/h7-12,15-18,25-26H,1-6H3. The normalized spacial score (nSPS) is 26.2. The summed E-state index contributed by atoms with van der Waals surface area (Å²) in [4.78, 5) is 4.93. The van der Waals surface area contributed by atoms with Gasteiger partial charge in [0.15, 0.2) is 0 Å². The van der Waals surface area contributed by atoms with Crippen molar-refractivity contribution < 1.29 is 10.2 Å². The molecular weight excluding hydrogens is 324 g/mol. The molecule has 2 aromatic rings. The van der Waals surface area contributed by atoms with Crippen molar-refractivity contribution in [2.45, 2.75) is 65.7 Å². The Bertz CT molecular complexity index is 721. The van der Waals surface area contributed by atoms with Crippen molar-refractivity contribution in [2.24, 2.45) is 0 Å². The molecule has 0 aromatic heterocycles. The zero-order valence-corrected chi connectivity index (χ0v) is 16.6.